The quantitative estimate of drug-likeness (QED) is 0.454. The largest absolute Gasteiger partial charge is 0.295 e. The Morgan fingerprint density at radius 3 is 2.75 bits per heavy atom. The zero-order valence-electron chi connectivity index (χ0n) is 7.94. The van der Waals surface area contributed by atoms with E-state index in [-0.39, 0.29) is 0 Å². The van der Waals surface area contributed by atoms with Crippen molar-refractivity contribution < 1.29 is 4.79 Å². The smallest absolute Gasteiger partial charge is 0.158 e. The molecule has 0 atom stereocenters. The summed E-state index contributed by atoms with van der Waals surface area (Å²) in [6, 6.07) is 0. The van der Waals surface area contributed by atoms with Crippen LogP contribution in [-0.2, 0) is 4.79 Å². The van der Waals surface area contributed by atoms with Crippen LogP contribution < -0.4 is 0 Å². The molecule has 0 amide bonds. The molecule has 68 valence electrons. The van der Waals surface area contributed by atoms with E-state index in [1.165, 1.54) is 12.8 Å². The zero-order valence-corrected chi connectivity index (χ0v) is 7.94. The summed E-state index contributed by atoms with van der Waals surface area (Å²) >= 11 is 0. The lowest BCUT2D eigenvalue weighted by Gasteiger charge is -1.99. The molecule has 0 heterocycles. The zero-order chi connectivity index (χ0) is 8.81. The van der Waals surface area contributed by atoms with Crippen LogP contribution in [0.25, 0.3) is 0 Å². The molecule has 0 bridgehead atoms. The van der Waals surface area contributed by atoms with Crippen molar-refractivity contribution in [2.24, 2.45) is 0 Å². The van der Waals surface area contributed by atoms with E-state index >= 15 is 0 Å². The van der Waals surface area contributed by atoms with Gasteiger partial charge in [-0.25, -0.2) is 0 Å². The Labute approximate surface area is 74.9 Å². The number of carbonyl (C=O) groups is 1. The molecule has 0 unspecified atom stereocenters. The molecule has 0 aromatic carbocycles. The Morgan fingerprint density at radius 1 is 1.25 bits per heavy atom. The van der Waals surface area contributed by atoms with Crippen LogP contribution in [0.5, 0.6) is 0 Å². The maximum atomic E-state index is 11.5. The number of rotatable bonds is 2. The summed E-state index contributed by atoms with van der Waals surface area (Å²) < 4.78 is 0. The van der Waals surface area contributed by atoms with Crippen molar-refractivity contribution in [3.8, 4) is 0 Å². The van der Waals surface area contributed by atoms with Crippen LogP contribution >= 0.6 is 0 Å². The van der Waals surface area contributed by atoms with Crippen LogP contribution in [0.4, 0.5) is 0 Å². The lowest BCUT2D eigenvalue weighted by atomic mass is 10.1. The molecule has 0 radical (unpaired) electrons. The van der Waals surface area contributed by atoms with E-state index in [0.29, 0.717) is 5.78 Å². The fourth-order valence-corrected chi connectivity index (χ4v) is 1.61. The van der Waals surface area contributed by atoms with Gasteiger partial charge in [0.15, 0.2) is 5.78 Å². The third kappa shape index (κ3) is 2.80. The third-order valence-corrected chi connectivity index (χ3v) is 2.39. The van der Waals surface area contributed by atoms with Crippen molar-refractivity contribution in [1.82, 2.24) is 0 Å². The van der Waals surface area contributed by atoms with Crippen LogP contribution in [0.3, 0.4) is 0 Å². The molecular weight excluding hydrogens is 148 g/mol. The van der Waals surface area contributed by atoms with Crippen LogP contribution in [-0.4, -0.2) is 5.78 Å². The van der Waals surface area contributed by atoms with E-state index in [2.05, 4.69) is 13.0 Å². The number of hydrogen-bond donors (Lipinski definition) is 0. The van der Waals surface area contributed by atoms with E-state index < -0.39 is 0 Å². The summed E-state index contributed by atoms with van der Waals surface area (Å²) in [5, 5.41) is 0. The fourth-order valence-electron chi connectivity index (χ4n) is 1.61. The van der Waals surface area contributed by atoms with Gasteiger partial charge < -0.3 is 0 Å². The molecular formula is C11H18O. The minimum absolute atomic E-state index is 0.404. The van der Waals surface area contributed by atoms with Crippen molar-refractivity contribution in [3.05, 3.63) is 11.6 Å². The Morgan fingerprint density at radius 2 is 2.00 bits per heavy atom. The molecule has 1 saturated carbocycles. The summed E-state index contributed by atoms with van der Waals surface area (Å²) in [5.41, 5.74) is 1.11. The van der Waals surface area contributed by atoms with Crippen molar-refractivity contribution in [2.45, 2.75) is 51.9 Å². The number of hydrogen-bond acceptors (Lipinski definition) is 1. The summed E-state index contributed by atoms with van der Waals surface area (Å²) in [6.07, 6.45) is 9.72. The Kier molecular flexibility index (Phi) is 4.06. The van der Waals surface area contributed by atoms with Gasteiger partial charge in [0, 0.05) is 6.42 Å². The van der Waals surface area contributed by atoms with Gasteiger partial charge in [0.1, 0.15) is 0 Å². The molecule has 0 N–H and O–H groups in total. The van der Waals surface area contributed by atoms with Gasteiger partial charge >= 0.3 is 0 Å². The maximum Gasteiger partial charge on any atom is 0.158 e. The molecule has 1 heteroatoms. The lowest BCUT2D eigenvalue weighted by Crippen LogP contribution is -1.99. The molecule has 1 aliphatic rings. The highest BCUT2D eigenvalue weighted by molar-refractivity contribution is 5.95. The SMILES string of the molecule is CCC/C=C1/CCCCCC1=O. The second kappa shape index (κ2) is 5.13. The number of Topliss-reactive ketones (excluding diaryl/α,β-unsaturated/α-hetero) is 1. The standard InChI is InChI=1S/C11H18O/c1-2-3-7-10-8-5-4-6-9-11(10)12/h7H,2-6,8-9H2,1H3/b10-7-. The average molecular weight is 166 g/mol. The van der Waals surface area contributed by atoms with Gasteiger partial charge in [0.05, 0.1) is 0 Å². The van der Waals surface area contributed by atoms with E-state index in [0.717, 1.165) is 37.7 Å². The van der Waals surface area contributed by atoms with Crippen LogP contribution in [0.2, 0.25) is 0 Å². The molecule has 0 saturated heterocycles. The van der Waals surface area contributed by atoms with Gasteiger partial charge in [-0.15, -0.1) is 0 Å². The number of ketones is 1. The van der Waals surface area contributed by atoms with Gasteiger partial charge in [0.25, 0.3) is 0 Å². The average Bonchev–Trinajstić information content (AvgIpc) is 2.27. The lowest BCUT2D eigenvalue weighted by molar-refractivity contribution is -0.115. The first kappa shape index (κ1) is 9.50. The summed E-state index contributed by atoms with van der Waals surface area (Å²) in [5.74, 6) is 0.404. The van der Waals surface area contributed by atoms with Crippen molar-refractivity contribution in [1.29, 1.82) is 0 Å². The summed E-state index contributed by atoms with van der Waals surface area (Å²) in [6.45, 7) is 2.15. The highest BCUT2D eigenvalue weighted by Crippen LogP contribution is 2.19. The normalized spacial score (nSPS) is 22.8. The van der Waals surface area contributed by atoms with E-state index in [9.17, 15) is 4.79 Å². The molecule has 0 aliphatic heterocycles. The Balaban J connectivity index is 2.52. The third-order valence-electron chi connectivity index (χ3n) is 2.39. The number of unbranched alkanes of at least 4 members (excludes halogenated alkanes) is 1. The highest BCUT2D eigenvalue weighted by atomic mass is 16.1. The first-order valence-corrected chi connectivity index (χ1v) is 5.07. The number of carbonyl (C=O) groups excluding carboxylic acids is 1. The van der Waals surface area contributed by atoms with Crippen molar-refractivity contribution in [2.75, 3.05) is 0 Å². The first-order valence-electron chi connectivity index (χ1n) is 5.07. The first-order chi connectivity index (χ1) is 5.84. The van der Waals surface area contributed by atoms with Gasteiger partial charge in [-0.2, -0.15) is 0 Å². The summed E-state index contributed by atoms with van der Waals surface area (Å²) in [7, 11) is 0. The minimum Gasteiger partial charge on any atom is -0.295 e. The van der Waals surface area contributed by atoms with Gasteiger partial charge in [0.2, 0.25) is 0 Å². The van der Waals surface area contributed by atoms with Crippen molar-refractivity contribution >= 4 is 5.78 Å². The van der Waals surface area contributed by atoms with E-state index in [4.69, 9.17) is 0 Å². The molecule has 0 aromatic heterocycles. The van der Waals surface area contributed by atoms with Crippen LogP contribution in [0.1, 0.15) is 51.9 Å². The second-order valence-corrected chi connectivity index (χ2v) is 3.50. The predicted octanol–water partition coefficient (Wildman–Crippen LogP) is 3.25. The van der Waals surface area contributed by atoms with E-state index in [1.54, 1.807) is 0 Å². The minimum atomic E-state index is 0.404. The molecule has 1 aliphatic carbocycles. The van der Waals surface area contributed by atoms with Crippen molar-refractivity contribution in [3.63, 3.8) is 0 Å². The van der Waals surface area contributed by atoms with E-state index in [1.807, 2.05) is 0 Å². The van der Waals surface area contributed by atoms with Crippen LogP contribution in [0.15, 0.2) is 11.6 Å². The topological polar surface area (TPSA) is 17.1 Å². The summed E-state index contributed by atoms with van der Waals surface area (Å²) in [4.78, 5) is 11.5. The second-order valence-electron chi connectivity index (χ2n) is 3.50. The molecule has 0 spiro atoms. The van der Waals surface area contributed by atoms with Gasteiger partial charge in [-0.1, -0.05) is 25.8 Å². The number of allylic oxidation sites excluding steroid dienone is 2. The van der Waals surface area contributed by atoms with Crippen LogP contribution in [0, 0.1) is 0 Å². The molecule has 1 rings (SSSR count). The van der Waals surface area contributed by atoms with Gasteiger partial charge in [-0.3, -0.25) is 4.79 Å². The van der Waals surface area contributed by atoms with Gasteiger partial charge in [-0.05, 0) is 31.3 Å². The molecule has 12 heavy (non-hydrogen) atoms. The Hall–Kier alpha value is -0.590. The highest BCUT2D eigenvalue weighted by Gasteiger charge is 2.11. The monoisotopic (exact) mass is 166 g/mol. The Bertz CT molecular complexity index is 179. The maximum absolute atomic E-state index is 11.5. The molecule has 1 fully saturated rings. The molecule has 1 nitrogen and oxygen atoms in total. The molecule has 0 aromatic rings. The fraction of sp³-hybridized carbons (Fsp3) is 0.727. The predicted molar refractivity (Wildman–Crippen MR) is 51.1 cm³/mol.